The first-order valence-corrected chi connectivity index (χ1v) is 13.0. The summed E-state index contributed by atoms with van der Waals surface area (Å²) in [6.45, 7) is 1.99. The van der Waals surface area contributed by atoms with E-state index in [1.165, 1.54) is 30.2 Å². The van der Waals surface area contributed by atoms with Crippen molar-refractivity contribution in [1.82, 2.24) is 19.1 Å². The van der Waals surface area contributed by atoms with Crippen molar-refractivity contribution in [2.24, 2.45) is 0 Å². The number of hydrogen-bond acceptors (Lipinski definition) is 6. The monoisotopic (exact) mass is 492 g/mol. The van der Waals surface area contributed by atoms with E-state index in [1.807, 2.05) is 54.0 Å². The highest BCUT2D eigenvalue weighted by molar-refractivity contribution is 7.99. The van der Waals surface area contributed by atoms with E-state index in [4.69, 9.17) is 0 Å². The molecule has 0 radical (unpaired) electrons. The fraction of sp³-hybridized carbons (Fsp3) is 0.160. The topological polar surface area (TPSA) is 85.2 Å². The molecule has 174 valence electrons. The van der Waals surface area contributed by atoms with Gasteiger partial charge in [-0.1, -0.05) is 66.4 Å². The zero-order chi connectivity index (χ0) is 24.3. The second kappa shape index (κ2) is 9.92. The molecule has 1 aromatic heterocycles. The number of ketones is 1. The van der Waals surface area contributed by atoms with Crippen molar-refractivity contribution in [2.75, 3.05) is 19.8 Å². The third-order valence-electron chi connectivity index (χ3n) is 5.19. The number of nitrogens with zero attached hydrogens (tertiary/aromatic N) is 4. The molecule has 1 heterocycles. The molecule has 0 atom stereocenters. The molecule has 0 aliphatic rings. The fourth-order valence-electron chi connectivity index (χ4n) is 3.39. The molecule has 0 amide bonds. The lowest BCUT2D eigenvalue weighted by molar-refractivity contribution is 0.102. The summed E-state index contributed by atoms with van der Waals surface area (Å²) in [7, 11) is -0.619. The minimum absolute atomic E-state index is 0.00924. The van der Waals surface area contributed by atoms with Crippen molar-refractivity contribution in [3.8, 4) is 17.1 Å². The Bertz CT molecular complexity index is 1430. The summed E-state index contributed by atoms with van der Waals surface area (Å²) in [5.41, 5.74) is 3.13. The van der Waals surface area contributed by atoms with Crippen LogP contribution in [0.2, 0.25) is 0 Å². The van der Waals surface area contributed by atoms with Crippen molar-refractivity contribution >= 4 is 27.6 Å². The van der Waals surface area contributed by atoms with Gasteiger partial charge in [-0.3, -0.25) is 9.36 Å². The van der Waals surface area contributed by atoms with Gasteiger partial charge < -0.3 is 0 Å². The summed E-state index contributed by atoms with van der Waals surface area (Å²) in [4.78, 5) is 12.8. The van der Waals surface area contributed by atoms with Crippen LogP contribution in [0.3, 0.4) is 0 Å². The van der Waals surface area contributed by atoms with Gasteiger partial charge in [0.1, 0.15) is 0 Å². The van der Waals surface area contributed by atoms with Crippen LogP contribution in [0.4, 0.5) is 0 Å². The molecule has 7 nitrogen and oxygen atoms in total. The van der Waals surface area contributed by atoms with Gasteiger partial charge in [0.05, 0.1) is 10.6 Å². The number of thioether (sulfide) groups is 1. The molecule has 0 bridgehead atoms. The van der Waals surface area contributed by atoms with Crippen molar-refractivity contribution < 1.29 is 13.2 Å². The normalized spacial score (nSPS) is 11.6. The minimum Gasteiger partial charge on any atom is -0.293 e. The average molecular weight is 493 g/mol. The standard InChI is InChI=1S/C25H24N4O3S2/c1-18-9-7-13-21(15-18)29-24(20-12-8-14-22(16-20)34(31,32)28(2)3)26-27-25(29)33-17-23(30)19-10-5-4-6-11-19/h4-16H,17H2,1-3H3. The number of sulfonamides is 1. The van der Waals surface area contributed by atoms with Crippen LogP contribution in [0, 0.1) is 6.92 Å². The lowest BCUT2D eigenvalue weighted by Crippen LogP contribution is -2.22. The van der Waals surface area contributed by atoms with Crippen LogP contribution < -0.4 is 0 Å². The molecule has 4 aromatic rings. The second-order valence-electron chi connectivity index (χ2n) is 7.87. The predicted octanol–water partition coefficient (Wildman–Crippen LogP) is 4.47. The number of benzene rings is 3. The van der Waals surface area contributed by atoms with Crippen molar-refractivity contribution in [3.63, 3.8) is 0 Å². The third kappa shape index (κ3) is 4.96. The number of carbonyl (C=O) groups is 1. The second-order valence-corrected chi connectivity index (χ2v) is 11.0. The van der Waals surface area contributed by atoms with Gasteiger partial charge in [0.25, 0.3) is 0 Å². The molecule has 0 aliphatic heterocycles. The highest BCUT2D eigenvalue weighted by atomic mass is 32.2. The summed E-state index contributed by atoms with van der Waals surface area (Å²) < 4.78 is 28.4. The third-order valence-corrected chi connectivity index (χ3v) is 7.93. The number of carbonyl (C=O) groups excluding carboxylic acids is 1. The summed E-state index contributed by atoms with van der Waals surface area (Å²) in [5.74, 6) is 0.685. The van der Waals surface area contributed by atoms with E-state index in [2.05, 4.69) is 10.2 Å². The van der Waals surface area contributed by atoms with Crippen molar-refractivity contribution in [2.45, 2.75) is 17.0 Å². The van der Waals surface area contributed by atoms with Crippen molar-refractivity contribution in [1.29, 1.82) is 0 Å². The van der Waals surface area contributed by atoms with E-state index in [9.17, 15) is 13.2 Å². The predicted molar refractivity (Wildman–Crippen MR) is 134 cm³/mol. The average Bonchev–Trinajstić information content (AvgIpc) is 3.27. The van der Waals surface area contributed by atoms with Crippen LogP contribution in [0.25, 0.3) is 17.1 Å². The van der Waals surface area contributed by atoms with E-state index in [0.717, 1.165) is 11.3 Å². The van der Waals surface area contributed by atoms with Gasteiger partial charge in [-0.05, 0) is 36.8 Å². The van der Waals surface area contributed by atoms with Crippen LogP contribution in [-0.4, -0.2) is 53.1 Å². The summed E-state index contributed by atoms with van der Waals surface area (Å²) in [5, 5.41) is 9.29. The molecule has 0 N–H and O–H groups in total. The van der Waals surface area contributed by atoms with Crippen LogP contribution in [0.1, 0.15) is 15.9 Å². The Balaban J connectivity index is 1.76. The lowest BCUT2D eigenvalue weighted by Gasteiger charge is -2.14. The molecule has 0 fully saturated rings. The van der Waals surface area contributed by atoms with E-state index in [1.54, 1.807) is 36.4 Å². The summed E-state index contributed by atoms with van der Waals surface area (Å²) in [6.07, 6.45) is 0. The van der Waals surface area contributed by atoms with Gasteiger partial charge in [0.2, 0.25) is 10.0 Å². The lowest BCUT2D eigenvalue weighted by atomic mass is 10.2. The highest BCUT2D eigenvalue weighted by Crippen LogP contribution is 2.30. The molecule has 0 aliphatic carbocycles. The first-order valence-electron chi connectivity index (χ1n) is 10.5. The highest BCUT2D eigenvalue weighted by Gasteiger charge is 2.21. The number of Topliss-reactive ketones (excluding diaryl/α,β-unsaturated/α-hetero) is 1. The molecule has 34 heavy (non-hydrogen) atoms. The van der Waals surface area contributed by atoms with Gasteiger partial charge in [-0.25, -0.2) is 12.7 Å². The maximum Gasteiger partial charge on any atom is 0.242 e. The van der Waals surface area contributed by atoms with E-state index in [-0.39, 0.29) is 16.4 Å². The number of aryl methyl sites for hydroxylation is 1. The van der Waals surface area contributed by atoms with E-state index < -0.39 is 10.0 Å². The fourth-order valence-corrected chi connectivity index (χ4v) is 5.19. The quantitative estimate of drug-likeness (QED) is 0.267. The zero-order valence-electron chi connectivity index (χ0n) is 19.0. The SMILES string of the molecule is Cc1cccc(-n2c(SCC(=O)c3ccccc3)nnc2-c2cccc(S(=O)(=O)N(C)C)c2)c1. The Morgan fingerprint density at radius 3 is 2.38 bits per heavy atom. The largest absolute Gasteiger partial charge is 0.293 e. The van der Waals surface area contributed by atoms with Crippen LogP contribution in [-0.2, 0) is 10.0 Å². The van der Waals surface area contributed by atoms with Crippen molar-refractivity contribution in [3.05, 3.63) is 90.0 Å². The number of aromatic nitrogens is 3. The van der Waals surface area contributed by atoms with E-state index >= 15 is 0 Å². The first-order chi connectivity index (χ1) is 16.3. The van der Waals surface area contributed by atoms with Crippen LogP contribution in [0.5, 0.6) is 0 Å². The van der Waals surface area contributed by atoms with Gasteiger partial charge in [0, 0.05) is 30.9 Å². The summed E-state index contributed by atoms with van der Waals surface area (Å²) in [6, 6.07) is 23.6. The number of hydrogen-bond donors (Lipinski definition) is 0. The maximum absolute atomic E-state index is 12.7. The van der Waals surface area contributed by atoms with Crippen LogP contribution in [0.15, 0.2) is 88.9 Å². The Morgan fingerprint density at radius 1 is 0.941 bits per heavy atom. The Kier molecular flexibility index (Phi) is 6.97. The molecule has 0 unspecified atom stereocenters. The Morgan fingerprint density at radius 2 is 1.68 bits per heavy atom. The molecule has 0 saturated heterocycles. The van der Waals surface area contributed by atoms with Gasteiger partial charge in [-0.15, -0.1) is 10.2 Å². The maximum atomic E-state index is 12.7. The molecule has 0 saturated carbocycles. The molecule has 3 aromatic carbocycles. The molecular formula is C25H24N4O3S2. The van der Waals surface area contributed by atoms with E-state index in [0.29, 0.717) is 22.1 Å². The Hall–Kier alpha value is -3.27. The van der Waals surface area contributed by atoms with Gasteiger partial charge in [-0.2, -0.15) is 0 Å². The summed E-state index contributed by atoms with van der Waals surface area (Å²) >= 11 is 1.29. The first kappa shape index (κ1) is 23.9. The molecule has 0 spiro atoms. The molecular weight excluding hydrogens is 468 g/mol. The Labute approximate surface area is 203 Å². The minimum atomic E-state index is -3.61. The van der Waals surface area contributed by atoms with Gasteiger partial charge >= 0.3 is 0 Å². The smallest absolute Gasteiger partial charge is 0.242 e. The molecule has 9 heteroatoms. The number of rotatable bonds is 8. The molecule has 4 rings (SSSR count). The zero-order valence-corrected chi connectivity index (χ0v) is 20.7. The van der Waals surface area contributed by atoms with Crippen LogP contribution >= 0.6 is 11.8 Å². The van der Waals surface area contributed by atoms with Gasteiger partial charge in [0.15, 0.2) is 16.8 Å².